The third-order valence-electron chi connectivity index (χ3n) is 4.96. The summed E-state index contributed by atoms with van der Waals surface area (Å²) in [5.41, 5.74) is 2.92. The van der Waals surface area contributed by atoms with Crippen molar-refractivity contribution in [1.29, 1.82) is 0 Å². The monoisotopic (exact) mass is 347 g/mol. The first-order valence-corrected chi connectivity index (χ1v) is 8.87. The molecule has 0 unspecified atom stereocenters. The Hall–Kier alpha value is -3.02. The Kier molecular flexibility index (Phi) is 4.48. The van der Waals surface area contributed by atoms with Crippen molar-refractivity contribution >= 4 is 5.91 Å². The summed E-state index contributed by atoms with van der Waals surface area (Å²) in [6, 6.07) is 7.87. The molecule has 4 rings (SSSR count). The molecule has 0 aliphatic carbocycles. The summed E-state index contributed by atoms with van der Waals surface area (Å²) in [7, 11) is 0. The number of nitrogens with zero attached hydrogens (tertiary/aromatic N) is 5. The van der Waals surface area contributed by atoms with Crippen molar-refractivity contribution in [1.82, 2.24) is 24.4 Å². The van der Waals surface area contributed by atoms with Gasteiger partial charge in [-0.2, -0.15) is 0 Å². The second-order valence-electron chi connectivity index (χ2n) is 6.59. The van der Waals surface area contributed by atoms with Crippen molar-refractivity contribution in [2.24, 2.45) is 0 Å². The third kappa shape index (κ3) is 3.10. The highest BCUT2D eigenvalue weighted by Crippen LogP contribution is 2.30. The molecule has 0 N–H and O–H groups in total. The van der Waals surface area contributed by atoms with Crippen molar-refractivity contribution in [3.63, 3.8) is 0 Å². The van der Waals surface area contributed by atoms with Crippen molar-refractivity contribution in [2.45, 2.75) is 25.8 Å². The van der Waals surface area contributed by atoms with E-state index in [-0.39, 0.29) is 5.91 Å². The fourth-order valence-electron chi connectivity index (χ4n) is 3.63. The molecule has 3 aromatic rings. The molecule has 1 saturated heterocycles. The van der Waals surface area contributed by atoms with E-state index in [9.17, 15) is 4.79 Å². The normalized spacial score (nSPS) is 15.2. The second-order valence-corrected chi connectivity index (χ2v) is 6.59. The molecule has 4 heterocycles. The van der Waals surface area contributed by atoms with E-state index < -0.39 is 0 Å². The molecule has 0 saturated carbocycles. The Morgan fingerprint density at radius 3 is 2.27 bits per heavy atom. The van der Waals surface area contributed by atoms with Crippen molar-refractivity contribution in [3.8, 4) is 11.4 Å². The molecule has 3 aromatic heterocycles. The summed E-state index contributed by atoms with van der Waals surface area (Å²) in [5.74, 6) is 1.06. The maximum absolute atomic E-state index is 12.6. The van der Waals surface area contributed by atoms with Gasteiger partial charge in [0.1, 0.15) is 5.82 Å². The van der Waals surface area contributed by atoms with Crippen LogP contribution in [0.25, 0.3) is 11.4 Å². The summed E-state index contributed by atoms with van der Waals surface area (Å²) in [6.07, 6.45) is 10.7. The van der Waals surface area contributed by atoms with E-state index in [0.29, 0.717) is 11.6 Å². The van der Waals surface area contributed by atoms with Crippen LogP contribution >= 0.6 is 0 Å². The number of hydrogen-bond donors (Lipinski definition) is 0. The largest absolute Gasteiger partial charge is 0.338 e. The lowest BCUT2D eigenvalue weighted by Crippen LogP contribution is -2.39. The molecule has 0 bridgehead atoms. The van der Waals surface area contributed by atoms with Crippen LogP contribution in [-0.4, -0.2) is 43.4 Å². The van der Waals surface area contributed by atoms with Gasteiger partial charge in [0, 0.05) is 66.9 Å². The van der Waals surface area contributed by atoms with Crippen LogP contribution in [-0.2, 0) is 0 Å². The number of pyridine rings is 2. The molecule has 1 amide bonds. The lowest BCUT2D eigenvalue weighted by molar-refractivity contribution is 0.0694. The van der Waals surface area contributed by atoms with E-state index in [4.69, 9.17) is 0 Å². The molecule has 0 spiro atoms. The molecule has 1 fully saturated rings. The topological polar surface area (TPSA) is 63.9 Å². The summed E-state index contributed by atoms with van der Waals surface area (Å²) >= 11 is 0. The van der Waals surface area contributed by atoms with Crippen LogP contribution in [0.4, 0.5) is 0 Å². The molecule has 1 aliphatic heterocycles. The van der Waals surface area contributed by atoms with Crippen LogP contribution in [0, 0.1) is 6.92 Å². The maximum Gasteiger partial charge on any atom is 0.253 e. The minimum Gasteiger partial charge on any atom is -0.338 e. The Morgan fingerprint density at radius 2 is 1.62 bits per heavy atom. The zero-order valence-electron chi connectivity index (χ0n) is 14.7. The van der Waals surface area contributed by atoms with E-state index in [2.05, 4.69) is 26.4 Å². The van der Waals surface area contributed by atoms with Gasteiger partial charge in [-0.3, -0.25) is 14.8 Å². The third-order valence-corrected chi connectivity index (χ3v) is 4.96. The summed E-state index contributed by atoms with van der Waals surface area (Å²) in [6.45, 7) is 3.59. The second kappa shape index (κ2) is 7.07. The molecule has 132 valence electrons. The van der Waals surface area contributed by atoms with Gasteiger partial charge in [-0.05, 0) is 44.0 Å². The molecule has 6 nitrogen and oxygen atoms in total. The number of imidazole rings is 1. The average molecular weight is 347 g/mol. The first-order chi connectivity index (χ1) is 12.7. The van der Waals surface area contributed by atoms with E-state index in [1.165, 1.54) is 0 Å². The van der Waals surface area contributed by atoms with Crippen molar-refractivity contribution in [2.75, 3.05) is 13.1 Å². The molecular formula is C20H21N5O. The standard InChI is InChI=1S/C20H21N5O/c1-15-14-23-19(16-2-8-21-9-3-16)25(15)18-6-12-24(13-7-18)20(26)17-4-10-22-11-5-17/h2-5,8-11,14,18H,6-7,12-13H2,1H3. The van der Waals surface area contributed by atoms with Crippen LogP contribution in [0.15, 0.2) is 55.2 Å². The van der Waals surface area contributed by atoms with Crippen LogP contribution in [0.3, 0.4) is 0 Å². The van der Waals surface area contributed by atoms with E-state index in [1.807, 2.05) is 23.2 Å². The lowest BCUT2D eigenvalue weighted by Gasteiger charge is -2.34. The number of aryl methyl sites for hydroxylation is 1. The summed E-state index contributed by atoms with van der Waals surface area (Å²) < 4.78 is 2.31. The van der Waals surface area contributed by atoms with Gasteiger partial charge in [0.05, 0.1) is 0 Å². The van der Waals surface area contributed by atoms with Gasteiger partial charge in [0.25, 0.3) is 5.91 Å². The number of carbonyl (C=O) groups is 1. The molecule has 26 heavy (non-hydrogen) atoms. The molecule has 6 heteroatoms. The zero-order chi connectivity index (χ0) is 17.9. The van der Waals surface area contributed by atoms with Gasteiger partial charge in [-0.25, -0.2) is 4.98 Å². The van der Waals surface area contributed by atoms with Gasteiger partial charge in [-0.15, -0.1) is 0 Å². The molecular weight excluding hydrogens is 326 g/mol. The number of amides is 1. The van der Waals surface area contributed by atoms with Crippen LogP contribution in [0.2, 0.25) is 0 Å². The van der Waals surface area contributed by atoms with Gasteiger partial charge in [0.15, 0.2) is 0 Å². The molecule has 1 aliphatic rings. The van der Waals surface area contributed by atoms with Crippen LogP contribution in [0.1, 0.15) is 34.9 Å². The number of carbonyl (C=O) groups excluding carboxylic acids is 1. The highest BCUT2D eigenvalue weighted by molar-refractivity contribution is 5.94. The lowest BCUT2D eigenvalue weighted by atomic mass is 10.0. The summed E-state index contributed by atoms with van der Waals surface area (Å²) in [5, 5.41) is 0. The van der Waals surface area contributed by atoms with E-state index in [1.54, 1.807) is 36.9 Å². The van der Waals surface area contributed by atoms with Gasteiger partial charge >= 0.3 is 0 Å². The van der Waals surface area contributed by atoms with E-state index in [0.717, 1.165) is 43.0 Å². The molecule has 0 atom stereocenters. The first-order valence-electron chi connectivity index (χ1n) is 8.87. The quantitative estimate of drug-likeness (QED) is 0.730. The first kappa shape index (κ1) is 16.4. The Morgan fingerprint density at radius 1 is 1.00 bits per heavy atom. The van der Waals surface area contributed by atoms with Crippen LogP contribution < -0.4 is 0 Å². The van der Waals surface area contributed by atoms with Gasteiger partial charge < -0.3 is 9.47 Å². The minimum absolute atomic E-state index is 0.0857. The fraction of sp³-hybridized carbons (Fsp3) is 0.300. The summed E-state index contributed by atoms with van der Waals surface area (Å²) in [4.78, 5) is 27.2. The van der Waals surface area contributed by atoms with E-state index >= 15 is 0 Å². The average Bonchev–Trinajstić information content (AvgIpc) is 3.10. The minimum atomic E-state index is 0.0857. The highest BCUT2D eigenvalue weighted by Gasteiger charge is 2.27. The molecule has 0 radical (unpaired) electrons. The zero-order valence-corrected chi connectivity index (χ0v) is 14.7. The predicted molar refractivity (Wildman–Crippen MR) is 98.6 cm³/mol. The van der Waals surface area contributed by atoms with Gasteiger partial charge in [-0.1, -0.05) is 0 Å². The number of piperidine rings is 1. The molecule has 0 aromatic carbocycles. The predicted octanol–water partition coefficient (Wildman–Crippen LogP) is 3.13. The Balaban J connectivity index is 1.51. The highest BCUT2D eigenvalue weighted by atomic mass is 16.2. The fourth-order valence-corrected chi connectivity index (χ4v) is 3.63. The number of aromatic nitrogens is 4. The van der Waals surface area contributed by atoms with Crippen molar-refractivity contribution in [3.05, 3.63) is 66.5 Å². The number of rotatable bonds is 3. The maximum atomic E-state index is 12.6. The Bertz CT molecular complexity index is 883. The van der Waals surface area contributed by atoms with Gasteiger partial charge in [0.2, 0.25) is 0 Å². The van der Waals surface area contributed by atoms with Crippen LogP contribution in [0.5, 0.6) is 0 Å². The number of likely N-dealkylation sites (tertiary alicyclic amines) is 1. The smallest absolute Gasteiger partial charge is 0.253 e. The SMILES string of the molecule is Cc1cnc(-c2ccncc2)n1C1CCN(C(=O)c2ccncc2)CC1. The Labute approximate surface area is 152 Å². The van der Waals surface area contributed by atoms with Crippen molar-refractivity contribution < 1.29 is 4.79 Å². The number of hydrogen-bond acceptors (Lipinski definition) is 4.